The van der Waals surface area contributed by atoms with Crippen molar-refractivity contribution in [1.82, 2.24) is 14.3 Å². The van der Waals surface area contributed by atoms with Gasteiger partial charge in [0.15, 0.2) is 5.03 Å². The van der Waals surface area contributed by atoms with Gasteiger partial charge in [0.1, 0.15) is 0 Å². The van der Waals surface area contributed by atoms with Gasteiger partial charge in [-0.25, -0.2) is 18.1 Å². The van der Waals surface area contributed by atoms with E-state index in [1.54, 1.807) is 11.6 Å². The van der Waals surface area contributed by atoms with Gasteiger partial charge in [0, 0.05) is 38.4 Å². The van der Waals surface area contributed by atoms with E-state index in [4.69, 9.17) is 0 Å². The number of nitrogens with one attached hydrogen (secondary N) is 1. The number of aromatic nitrogens is 2. The number of aryl methyl sites for hydroxylation is 2. The molecule has 0 aliphatic carbocycles. The lowest BCUT2D eigenvalue weighted by atomic mass is 9.98. The highest BCUT2D eigenvalue weighted by Gasteiger charge is 2.24. The molecule has 1 aromatic carbocycles. The molecule has 2 aromatic rings. The highest BCUT2D eigenvalue weighted by molar-refractivity contribution is 7.89. The zero-order valence-electron chi connectivity index (χ0n) is 14.4. The largest absolute Gasteiger partial charge is 0.339 e. The average molecular weight is 362 g/mol. The van der Waals surface area contributed by atoms with E-state index < -0.39 is 10.0 Å². The summed E-state index contributed by atoms with van der Waals surface area (Å²) in [5, 5.41) is 0.00711. The summed E-state index contributed by atoms with van der Waals surface area (Å²) in [6.07, 6.45) is 5.00. The Morgan fingerprint density at radius 3 is 2.76 bits per heavy atom. The first-order chi connectivity index (χ1) is 11.9. The van der Waals surface area contributed by atoms with Crippen molar-refractivity contribution in [2.45, 2.75) is 37.8 Å². The van der Waals surface area contributed by atoms with Gasteiger partial charge in [-0.15, -0.1) is 0 Å². The quantitative estimate of drug-likeness (QED) is 0.846. The smallest absolute Gasteiger partial charge is 0.259 e. The van der Waals surface area contributed by atoms with Crippen LogP contribution < -0.4 is 9.62 Å². The number of rotatable bonds is 6. The molecule has 1 aliphatic rings. The SMILES string of the molecule is CCCN1C(=O)CCc2cc(CNS(=O)(=O)c3cn(C)cn3)ccc21. The van der Waals surface area contributed by atoms with Crippen molar-refractivity contribution in [3.8, 4) is 0 Å². The maximum atomic E-state index is 12.2. The number of fused-ring (bicyclic) bond motifs is 1. The van der Waals surface area contributed by atoms with Crippen molar-refractivity contribution in [2.75, 3.05) is 11.4 Å². The van der Waals surface area contributed by atoms with E-state index in [0.29, 0.717) is 19.4 Å². The van der Waals surface area contributed by atoms with Crippen LogP contribution in [-0.4, -0.2) is 30.4 Å². The van der Waals surface area contributed by atoms with E-state index in [-0.39, 0.29) is 17.5 Å². The van der Waals surface area contributed by atoms with Gasteiger partial charge in [0.25, 0.3) is 10.0 Å². The number of nitrogens with zero attached hydrogens (tertiary/aromatic N) is 3. The molecule has 1 N–H and O–H groups in total. The van der Waals surface area contributed by atoms with Crippen LogP contribution in [0.4, 0.5) is 5.69 Å². The predicted molar refractivity (Wildman–Crippen MR) is 94.6 cm³/mol. The second-order valence-electron chi connectivity index (χ2n) is 6.21. The number of hydrogen-bond donors (Lipinski definition) is 1. The number of anilines is 1. The van der Waals surface area contributed by atoms with Gasteiger partial charge in [-0.1, -0.05) is 19.1 Å². The second kappa shape index (κ2) is 6.97. The third-order valence-electron chi connectivity index (χ3n) is 4.21. The number of amides is 1. The minimum atomic E-state index is -3.63. The molecule has 134 valence electrons. The van der Waals surface area contributed by atoms with Gasteiger partial charge in [-0.05, 0) is 30.0 Å². The molecule has 0 bridgehead atoms. The number of carbonyl (C=O) groups is 1. The molecule has 8 heteroatoms. The highest BCUT2D eigenvalue weighted by atomic mass is 32.2. The minimum Gasteiger partial charge on any atom is -0.339 e. The lowest BCUT2D eigenvalue weighted by Gasteiger charge is -2.29. The summed E-state index contributed by atoms with van der Waals surface area (Å²) >= 11 is 0. The van der Waals surface area contributed by atoms with E-state index in [1.165, 1.54) is 12.5 Å². The van der Waals surface area contributed by atoms with Crippen LogP contribution in [-0.2, 0) is 34.8 Å². The number of sulfonamides is 1. The minimum absolute atomic E-state index is 0.00711. The molecule has 0 saturated carbocycles. The fourth-order valence-corrected chi connectivity index (χ4v) is 3.97. The molecule has 1 aliphatic heterocycles. The maximum Gasteiger partial charge on any atom is 0.259 e. The Kier molecular flexibility index (Phi) is 4.91. The first-order valence-electron chi connectivity index (χ1n) is 8.30. The monoisotopic (exact) mass is 362 g/mol. The number of imidazole rings is 1. The molecule has 3 rings (SSSR count). The Balaban J connectivity index is 1.76. The first kappa shape index (κ1) is 17.6. The van der Waals surface area contributed by atoms with Crippen LogP contribution in [0.5, 0.6) is 0 Å². The topological polar surface area (TPSA) is 84.3 Å². The van der Waals surface area contributed by atoms with Crippen molar-refractivity contribution in [2.24, 2.45) is 7.05 Å². The molecule has 0 atom stereocenters. The van der Waals surface area contributed by atoms with Crippen molar-refractivity contribution in [3.05, 3.63) is 41.9 Å². The number of hydrogen-bond acceptors (Lipinski definition) is 4. The fraction of sp³-hybridized carbons (Fsp3) is 0.412. The van der Waals surface area contributed by atoms with Crippen LogP contribution in [0.1, 0.15) is 30.9 Å². The molecule has 25 heavy (non-hydrogen) atoms. The van der Waals surface area contributed by atoms with Crippen molar-refractivity contribution in [3.63, 3.8) is 0 Å². The van der Waals surface area contributed by atoms with Gasteiger partial charge >= 0.3 is 0 Å². The van der Waals surface area contributed by atoms with Crippen molar-refractivity contribution < 1.29 is 13.2 Å². The lowest BCUT2D eigenvalue weighted by Crippen LogP contribution is -2.35. The summed E-state index contributed by atoms with van der Waals surface area (Å²) in [6, 6.07) is 5.75. The van der Waals surface area contributed by atoms with Crippen LogP contribution in [0.15, 0.2) is 35.7 Å². The van der Waals surface area contributed by atoms with Gasteiger partial charge in [-0.3, -0.25) is 4.79 Å². The number of benzene rings is 1. The molecule has 0 spiro atoms. The van der Waals surface area contributed by atoms with E-state index >= 15 is 0 Å². The highest BCUT2D eigenvalue weighted by Crippen LogP contribution is 2.29. The third-order valence-corrected chi connectivity index (χ3v) is 5.50. The molecule has 2 heterocycles. The standard InChI is InChI=1S/C17H22N4O3S/c1-3-8-21-15-6-4-13(9-14(15)5-7-17(21)22)10-19-25(23,24)16-11-20(2)12-18-16/h4,6,9,11-12,19H,3,5,7-8,10H2,1-2H3. The van der Waals surface area contributed by atoms with Gasteiger partial charge < -0.3 is 9.47 Å². The Bertz CT molecular complexity index is 889. The Morgan fingerprint density at radius 2 is 2.08 bits per heavy atom. The van der Waals surface area contributed by atoms with Gasteiger partial charge in [0.2, 0.25) is 5.91 Å². The average Bonchev–Trinajstić information content (AvgIpc) is 3.03. The Morgan fingerprint density at radius 1 is 1.28 bits per heavy atom. The third kappa shape index (κ3) is 3.74. The zero-order valence-corrected chi connectivity index (χ0v) is 15.2. The van der Waals surface area contributed by atoms with E-state index in [9.17, 15) is 13.2 Å². The molecule has 0 radical (unpaired) electrons. The summed E-state index contributed by atoms with van der Waals surface area (Å²) in [6.45, 7) is 2.94. The van der Waals surface area contributed by atoms with E-state index in [0.717, 1.165) is 23.2 Å². The van der Waals surface area contributed by atoms with E-state index in [2.05, 4.69) is 9.71 Å². The lowest BCUT2D eigenvalue weighted by molar-refractivity contribution is -0.118. The van der Waals surface area contributed by atoms with Crippen molar-refractivity contribution in [1.29, 1.82) is 0 Å². The molecule has 0 unspecified atom stereocenters. The molecule has 7 nitrogen and oxygen atoms in total. The molecule has 0 saturated heterocycles. The summed E-state index contributed by atoms with van der Waals surface area (Å²) < 4.78 is 28.7. The molecular weight excluding hydrogens is 340 g/mol. The Labute approximate surface area is 147 Å². The molecular formula is C17H22N4O3S. The first-order valence-corrected chi connectivity index (χ1v) is 9.79. The summed E-state index contributed by atoms with van der Waals surface area (Å²) in [7, 11) is -1.91. The normalized spacial score (nSPS) is 14.6. The van der Waals surface area contributed by atoms with Crippen LogP contribution in [0.3, 0.4) is 0 Å². The van der Waals surface area contributed by atoms with Crippen LogP contribution in [0.2, 0.25) is 0 Å². The summed E-state index contributed by atoms with van der Waals surface area (Å²) in [4.78, 5) is 17.8. The Hall–Kier alpha value is -2.19. The van der Waals surface area contributed by atoms with Crippen molar-refractivity contribution >= 4 is 21.6 Å². The van der Waals surface area contributed by atoms with Gasteiger partial charge in [0.05, 0.1) is 6.33 Å². The summed E-state index contributed by atoms with van der Waals surface area (Å²) in [5.74, 6) is 0.151. The predicted octanol–water partition coefficient (Wildman–Crippen LogP) is 1.59. The molecule has 0 fully saturated rings. The maximum absolute atomic E-state index is 12.2. The number of carbonyl (C=O) groups excluding carboxylic acids is 1. The molecule has 1 aromatic heterocycles. The van der Waals surface area contributed by atoms with E-state index in [1.807, 2.05) is 30.0 Å². The van der Waals surface area contributed by atoms with Crippen LogP contribution in [0, 0.1) is 0 Å². The fourth-order valence-electron chi connectivity index (χ4n) is 2.97. The second-order valence-corrected chi connectivity index (χ2v) is 7.92. The van der Waals surface area contributed by atoms with Crippen LogP contribution in [0.25, 0.3) is 0 Å². The van der Waals surface area contributed by atoms with Crippen LogP contribution >= 0.6 is 0 Å². The van der Waals surface area contributed by atoms with Gasteiger partial charge in [-0.2, -0.15) is 0 Å². The summed E-state index contributed by atoms with van der Waals surface area (Å²) in [5.41, 5.74) is 2.89. The zero-order chi connectivity index (χ0) is 18.0. The molecule has 1 amide bonds.